The normalized spacial score (nSPS) is 26.4. The molecule has 0 bridgehead atoms. The Bertz CT molecular complexity index is 2030. The molecule has 0 amide bonds. The molecular weight excluding hydrogens is 684 g/mol. The van der Waals surface area contributed by atoms with E-state index in [0.29, 0.717) is 59.1 Å². The highest BCUT2D eigenvalue weighted by Crippen LogP contribution is 2.51. The molecule has 282 valence electrons. The van der Waals surface area contributed by atoms with Crippen molar-refractivity contribution in [1.82, 2.24) is 4.90 Å². The molecule has 6 heterocycles. The first kappa shape index (κ1) is 35.9. The van der Waals surface area contributed by atoms with E-state index in [2.05, 4.69) is 9.98 Å². The SMILES string of the molecule is Cc1cc(=O)c2cc3c(c(N4C=C5N=CC=C5C4)c2o1)OC(C)(C1CCCCC1)C(OOCC(O)C(O)(CN1CC=C2N=CC=C21)C(O)C(O)CO)C3. The van der Waals surface area contributed by atoms with E-state index in [-0.39, 0.29) is 17.9 Å². The number of nitrogens with zero attached hydrogens (tertiary/aromatic N) is 4. The number of hydrogen-bond acceptors (Lipinski definition) is 14. The summed E-state index contributed by atoms with van der Waals surface area (Å²) in [6, 6.07) is 3.26. The number of aliphatic hydroxyl groups is 5. The maximum absolute atomic E-state index is 13.4. The van der Waals surface area contributed by atoms with Crippen LogP contribution in [0.25, 0.3) is 11.0 Å². The Morgan fingerprint density at radius 2 is 1.87 bits per heavy atom. The molecule has 0 saturated heterocycles. The molecule has 6 unspecified atom stereocenters. The largest absolute Gasteiger partial charge is 0.482 e. The van der Waals surface area contributed by atoms with Crippen LogP contribution in [0.2, 0.25) is 0 Å². The molecule has 1 saturated carbocycles. The zero-order chi connectivity index (χ0) is 37.1. The van der Waals surface area contributed by atoms with Crippen LogP contribution in [-0.2, 0) is 16.2 Å². The van der Waals surface area contributed by atoms with Gasteiger partial charge in [-0.25, -0.2) is 9.78 Å². The number of aliphatic imine (C=N–C) groups is 2. The van der Waals surface area contributed by atoms with E-state index in [9.17, 15) is 30.3 Å². The summed E-state index contributed by atoms with van der Waals surface area (Å²) in [5, 5.41) is 54.7. The highest BCUT2D eigenvalue weighted by atomic mass is 17.2. The van der Waals surface area contributed by atoms with Crippen LogP contribution in [0, 0.1) is 12.8 Å². The molecule has 1 aromatic heterocycles. The minimum absolute atomic E-state index is 0.0804. The maximum atomic E-state index is 13.4. The molecule has 6 aliphatic rings. The van der Waals surface area contributed by atoms with Gasteiger partial charge < -0.3 is 44.5 Å². The second-order valence-corrected chi connectivity index (χ2v) is 15.1. The smallest absolute Gasteiger partial charge is 0.193 e. The number of anilines is 1. The molecule has 1 fully saturated rings. The van der Waals surface area contributed by atoms with Crippen LogP contribution in [0.1, 0.15) is 50.4 Å². The van der Waals surface area contributed by atoms with Crippen LogP contribution in [0.3, 0.4) is 0 Å². The average molecular weight is 731 g/mol. The monoisotopic (exact) mass is 730 g/mol. The van der Waals surface area contributed by atoms with Crippen molar-refractivity contribution in [2.75, 3.05) is 37.7 Å². The molecule has 6 atom stereocenters. The molecule has 14 heteroatoms. The predicted molar refractivity (Wildman–Crippen MR) is 196 cm³/mol. The molecule has 1 aliphatic carbocycles. The van der Waals surface area contributed by atoms with Crippen LogP contribution in [0.5, 0.6) is 5.75 Å². The lowest BCUT2D eigenvalue weighted by Gasteiger charge is -2.48. The fourth-order valence-corrected chi connectivity index (χ4v) is 8.61. The molecule has 53 heavy (non-hydrogen) atoms. The Labute approximate surface area is 306 Å². The Morgan fingerprint density at radius 3 is 2.64 bits per heavy atom. The Kier molecular flexibility index (Phi) is 9.42. The van der Waals surface area contributed by atoms with Crippen molar-refractivity contribution < 1.29 is 44.5 Å². The lowest BCUT2D eigenvalue weighted by atomic mass is 9.72. The summed E-state index contributed by atoms with van der Waals surface area (Å²) in [6.45, 7) is 2.94. The third-order valence-corrected chi connectivity index (χ3v) is 11.7. The highest BCUT2D eigenvalue weighted by Gasteiger charge is 2.52. The summed E-state index contributed by atoms with van der Waals surface area (Å²) >= 11 is 0. The number of aliphatic hydroxyl groups excluding tert-OH is 4. The third-order valence-electron chi connectivity index (χ3n) is 11.7. The maximum Gasteiger partial charge on any atom is 0.193 e. The Balaban J connectivity index is 1.10. The summed E-state index contributed by atoms with van der Waals surface area (Å²) in [5.41, 5.74) is 1.67. The van der Waals surface area contributed by atoms with Gasteiger partial charge in [0.05, 0.1) is 42.2 Å². The third kappa shape index (κ3) is 6.25. The lowest BCUT2D eigenvalue weighted by Crippen LogP contribution is -2.63. The molecule has 0 spiro atoms. The quantitative estimate of drug-likeness (QED) is 0.159. The van der Waals surface area contributed by atoms with Gasteiger partial charge in [-0.05, 0) is 51.0 Å². The fourth-order valence-electron chi connectivity index (χ4n) is 8.61. The van der Waals surface area contributed by atoms with Crippen LogP contribution in [0.15, 0.2) is 78.4 Å². The van der Waals surface area contributed by atoms with Crippen molar-refractivity contribution in [3.05, 3.63) is 80.8 Å². The van der Waals surface area contributed by atoms with Gasteiger partial charge in [-0.15, -0.1) is 0 Å². The molecule has 5 N–H and O–H groups in total. The summed E-state index contributed by atoms with van der Waals surface area (Å²) in [7, 11) is 0. The van der Waals surface area contributed by atoms with Crippen molar-refractivity contribution in [3.8, 4) is 5.75 Å². The Morgan fingerprint density at radius 1 is 1.09 bits per heavy atom. The van der Waals surface area contributed by atoms with E-state index < -0.39 is 48.8 Å². The lowest BCUT2D eigenvalue weighted by molar-refractivity contribution is -0.368. The van der Waals surface area contributed by atoms with Crippen LogP contribution in [-0.4, -0.2) is 111 Å². The zero-order valence-electron chi connectivity index (χ0n) is 29.8. The van der Waals surface area contributed by atoms with Crippen molar-refractivity contribution in [1.29, 1.82) is 0 Å². The zero-order valence-corrected chi connectivity index (χ0v) is 29.8. The molecule has 1 aromatic carbocycles. The number of hydrogen-bond donors (Lipinski definition) is 5. The summed E-state index contributed by atoms with van der Waals surface area (Å²) in [6.07, 6.45) is 10.0. The van der Waals surface area contributed by atoms with E-state index in [1.807, 2.05) is 30.2 Å². The van der Waals surface area contributed by atoms with E-state index in [4.69, 9.17) is 18.9 Å². The van der Waals surface area contributed by atoms with Crippen LogP contribution >= 0.6 is 0 Å². The average Bonchev–Trinajstić information content (AvgIpc) is 3.95. The number of allylic oxidation sites excluding steroid dienone is 2. The van der Waals surface area contributed by atoms with Gasteiger partial charge in [-0.1, -0.05) is 19.3 Å². The summed E-state index contributed by atoms with van der Waals surface area (Å²) < 4.78 is 13.4. The second kappa shape index (κ2) is 13.9. The summed E-state index contributed by atoms with van der Waals surface area (Å²) in [4.78, 5) is 37.8. The van der Waals surface area contributed by atoms with Gasteiger partial charge in [0.25, 0.3) is 0 Å². The predicted octanol–water partition coefficient (Wildman–Crippen LogP) is 2.34. The van der Waals surface area contributed by atoms with Gasteiger partial charge in [-0.2, -0.15) is 0 Å². The van der Waals surface area contributed by atoms with E-state index in [1.54, 1.807) is 36.4 Å². The first-order valence-corrected chi connectivity index (χ1v) is 18.4. The van der Waals surface area contributed by atoms with Crippen molar-refractivity contribution in [2.24, 2.45) is 15.9 Å². The number of rotatable bonds is 12. The number of fused-ring (bicyclic) bond motifs is 4. The highest BCUT2D eigenvalue weighted by molar-refractivity contribution is 5.96. The topological polar surface area (TPSA) is 190 Å². The van der Waals surface area contributed by atoms with Gasteiger partial charge in [0.2, 0.25) is 0 Å². The van der Waals surface area contributed by atoms with Crippen LogP contribution < -0.4 is 15.1 Å². The van der Waals surface area contributed by atoms with Gasteiger partial charge in [0.15, 0.2) is 16.8 Å². The first-order valence-electron chi connectivity index (χ1n) is 18.4. The Hall–Kier alpha value is -4.15. The van der Waals surface area contributed by atoms with E-state index in [1.165, 1.54) is 6.07 Å². The molecule has 5 aliphatic heterocycles. The molecular formula is C39H46N4O10. The van der Waals surface area contributed by atoms with Gasteiger partial charge in [0.1, 0.15) is 53.7 Å². The van der Waals surface area contributed by atoms with Crippen molar-refractivity contribution >= 4 is 29.1 Å². The summed E-state index contributed by atoms with van der Waals surface area (Å²) in [5.74, 6) is 1.16. The number of aryl methyl sites for hydroxylation is 1. The minimum atomic E-state index is -2.34. The molecule has 8 rings (SSSR count). The van der Waals surface area contributed by atoms with Crippen molar-refractivity contribution in [3.63, 3.8) is 0 Å². The number of ether oxygens (including phenoxy) is 1. The number of β-amino-alcohol motifs (C(OH)–C–C–N with tert-alkyl or cyclic N) is 1. The first-order chi connectivity index (χ1) is 25.5. The fraction of sp³-hybridized carbons (Fsp3) is 0.513. The molecule has 14 nitrogen and oxygen atoms in total. The standard InChI is InChI=1S/C39H46N4O10/c1-22-14-30(45)26-15-24-16-33(53-50-20-32(47)39(49,37(48)31(46)19-44)21-42-13-10-27-29(42)9-12-40-27)38(2,25-6-4-3-5-7-25)52-35(24)34(36(26)51-22)43-17-23-8-11-41-28(23)18-43/h8-12,14-15,18,25,31-33,37,44,46-49H,3-7,13,16-17,19-21H2,1-2H3. The molecule has 2 aromatic rings. The van der Waals surface area contributed by atoms with Gasteiger partial charge >= 0.3 is 0 Å². The second-order valence-electron chi connectivity index (χ2n) is 15.1. The van der Waals surface area contributed by atoms with Gasteiger partial charge in [-0.3, -0.25) is 14.8 Å². The van der Waals surface area contributed by atoms with Gasteiger partial charge in [0, 0.05) is 54.7 Å². The van der Waals surface area contributed by atoms with E-state index >= 15 is 0 Å². The number of benzene rings is 1. The van der Waals surface area contributed by atoms with Crippen molar-refractivity contribution in [2.45, 2.75) is 88.0 Å². The molecule has 0 radical (unpaired) electrons. The van der Waals surface area contributed by atoms with E-state index in [0.717, 1.165) is 48.9 Å². The minimum Gasteiger partial charge on any atom is -0.482 e. The van der Waals surface area contributed by atoms with Crippen LogP contribution in [0.4, 0.5) is 5.69 Å².